The number of hydrazone groups is 1. The predicted molar refractivity (Wildman–Crippen MR) is 131 cm³/mol. The van der Waals surface area contributed by atoms with Crippen LogP contribution in [0.25, 0.3) is 0 Å². The molecule has 0 spiro atoms. The Hall–Kier alpha value is -3.88. The van der Waals surface area contributed by atoms with Gasteiger partial charge in [0, 0.05) is 12.2 Å². The number of ether oxygens (including phenoxy) is 2. The van der Waals surface area contributed by atoms with Crippen LogP contribution in [0.2, 0.25) is 0 Å². The van der Waals surface area contributed by atoms with Gasteiger partial charge in [-0.3, -0.25) is 14.4 Å². The monoisotopic (exact) mass is 468 g/mol. The number of hydrogen-bond acceptors (Lipinski definition) is 6. The van der Waals surface area contributed by atoms with Gasteiger partial charge in [0.2, 0.25) is 0 Å². The van der Waals surface area contributed by atoms with Gasteiger partial charge in [-0.2, -0.15) is 5.10 Å². The van der Waals surface area contributed by atoms with Gasteiger partial charge in [-0.25, -0.2) is 5.43 Å². The number of nitrogens with one attached hydrogen (secondary N) is 3. The van der Waals surface area contributed by atoms with E-state index in [1.165, 1.54) is 6.21 Å². The number of anilines is 1. The Kier molecular flexibility index (Phi) is 10.6. The van der Waals surface area contributed by atoms with Gasteiger partial charge in [0.05, 0.1) is 12.8 Å². The summed E-state index contributed by atoms with van der Waals surface area (Å²) >= 11 is 0. The van der Waals surface area contributed by atoms with E-state index in [2.05, 4.69) is 21.2 Å². The summed E-state index contributed by atoms with van der Waals surface area (Å²) in [6, 6.07) is 10.8. The zero-order valence-corrected chi connectivity index (χ0v) is 20.1. The van der Waals surface area contributed by atoms with Crippen molar-refractivity contribution >= 4 is 29.6 Å². The zero-order chi connectivity index (χ0) is 24.9. The smallest absolute Gasteiger partial charge is 0.329 e. The summed E-state index contributed by atoms with van der Waals surface area (Å²) in [6.45, 7) is 8.38. The maximum atomic E-state index is 12.3. The van der Waals surface area contributed by atoms with Gasteiger partial charge in [0.25, 0.3) is 5.91 Å². The van der Waals surface area contributed by atoms with Crippen LogP contribution in [0.1, 0.15) is 43.4 Å². The number of amides is 3. The van der Waals surface area contributed by atoms with Crippen LogP contribution in [0.5, 0.6) is 11.5 Å². The van der Waals surface area contributed by atoms with Crippen LogP contribution < -0.4 is 25.5 Å². The Morgan fingerprint density at radius 3 is 2.35 bits per heavy atom. The quantitative estimate of drug-likeness (QED) is 0.203. The van der Waals surface area contributed by atoms with Crippen molar-refractivity contribution in [3.63, 3.8) is 0 Å². The maximum Gasteiger partial charge on any atom is 0.329 e. The molecule has 0 radical (unpaired) electrons. The fourth-order valence-corrected chi connectivity index (χ4v) is 3.05. The van der Waals surface area contributed by atoms with Gasteiger partial charge in [-0.1, -0.05) is 19.4 Å². The second kappa shape index (κ2) is 13.6. The van der Waals surface area contributed by atoms with E-state index < -0.39 is 11.8 Å². The molecule has 0 aliphatic carbocycles. The predicted octanol–water partition coefficient (Wildman–Crippen LogP) is 3.09. The molecule has 0 bridgehead atoms. The molecular formula is C25H32N4O5. The van der Waals surface area contributed by atoms with Gasteiger partial charge >= 0.3 is 11.8 Å². The first-order chi connectivity index (χ1) is 16.3. The van der Waals surface area contributed by atoms with Crippen molar-refractivity contribution in [2.45, 2.75) is 40.5 Å². The second-order valence-electron chi connectivity index (χ2n) is 7.66. The minimum atomic E-state index is -0.841. The number of hydrogen-bond donors (Lipinski definition) is 3. The van der Waals surface area contributed by atoms with Crippen LogP contribution in [0, 0.1) is 13.8 Å². The third-order valence-corrected chi connectivity index (χ3v) is 4.53. The summed E-state index contributed by atoms with van der Waals surface area (Å²) in [5, 5.41) is 9.15. The third-order valence-electron chi connectivity index (χ3n) is 4.53. The second-order valence-corrected chi connectivity index (χ2v) is 7.66. The van der Waals surface area contributed by atoms with E-state index in [0.717, 1.165) is 24.0 Å². The van der Waals surface area contributed by atoms with E-state index in [1.54, 1.807) is 18.2 Å². The molecule has 0 fully saturated rings. The molecule has 0 saturated heterocycles. The van der Waals surface area contributed by atoms with Crippen LogP contribution in [0.3, 0.4) is 0 Å². The van der Waals surface area contributed by atoms with Gasteiger partial charge in [-0.05, 0) is 74.2 Å². The fraction of sp³-hybridized carbons (Fsp3) is 0.360. The lowest BCUT2D eigenvalue weighted by atomic mass is 10.1. The van der Waals surface area contributed by atoms with Crippen molar-refractivity contribution in [1.29, 1.82) is 0 Å². The van der Waals surface area contributed by atoms with Crippen molar-refractivity contribution < 1.29 is 23.9 Å². The van der Waals surface area contributed by atoms with Crippen molar-refractivity contribution in [2.24, 2.45) is 5.10 Å². The Labute approximate surface area is 199 Å². The molecule has 2 aromatic carbocycles. The minimum Gasteiger partial charge on any atom is -0.490 e. The summed E-state index contributed by atoms with van der Waals surface area (Å²) in [7, 11) is 0. The summed E-state index contributed by atoms with van der Waals surface area (Å²) in [6.07, 6.45) is 3.10. The Balaban J connectivity index is 1.95. The van der Waals surface area contributed by atoms with Crippen molar-refractivity contribution in [1.82, 2.24) is 10.7 Å². The molecule has 34 heavy (non-hydrogen) atoms. The number of rotatable bonds is 11. The van der Waals surface area contributed by atoms with Crippen molar-refractivity contribution in [2.75, 3.05) is 25.1 Å². The van der Waals surface area contributed by atoms with Crippen LogP contribution in [-0.4, -0.2) is 43.7 Å². The molecule has 9 nitrogen and oxygen atoms in total. The molecule has 0 saturated carbocycles. The normalized spacial score (nSPS) is 10.6. The highest BCUT2D eigenvalue weighted by Crippen LogP contribution is 2.28. The molecule has 0 aliphatic heterocycles. The van der Waals surface area contributed by atoms with E-state index in [-0.39, 0.29) is 12.5 Å². The number of aryl methyl sites for hydroxylation is 2. The first-order valence-corrected chi connectivity index (χ1v) is 11.2. The Morgan fingerprint density at radius 1 is 0.941 bits per heavy atom. The van der Waals surface area contributed by atoms with Crippen molar-refractivity contribution in [3.8, 4) is 11.5 Å². The molecule has 2 aromatic rings. The molecule has 2 rings (SSSR count). The van der Waals surface area contributed by atoms with Crippen LogP contribution in [0.15, 0.2) is 41.5 Å². The number of benzene rings is 2. The number of carbonyl (C=O) groups excluding carboxylic acids is 3. The molecule has 3 amide bonds. The maximum absolute atomic E-state index is 12.3. The summed E-state index contributed by atoms with van der Waals surface area (Å²) in [5.74, 6) is -1.04. The zero-order valence-electron chi connectivity index (χ0n) is 20.1. The number of unbranched alkanes of at least 4 members (excludes halogenated alkanes) is 1. The van der Waals surface area contributed by atoms with E-state index >= 15 is 0 Å². The van der Waals surface area contributed by atoms with Gasteiger partial charge in [0.1, 0.15) is 0 Å². The largest absolute Gasteiger partial charge is 0.490 e. The molecule has 0 heterocycles. The average molecular weight is 469 g/mol. The van der Waals surface area contributed by atoms with E-state index in [9.17, 15) is 14.4 Å². The van der Waals surface area contributed by atoms with Gasteiger partial charge in [0.15, 0.2) is 18.1 Å². The lowest BCUT2D eigenvalue weighted by Crippen LogP contribution is -2.38. The minimum absolute atomic E-state index is 0.191. The van der Waals surface area contributed by atoms with E-state index in [1.807, 2.05) is 45.9 Å². The highest BCUT2D eigenvalue weighted by Gasteiger charge is 2.12. The van der Waals surface area contributed by atoms with Gasteiger partial charge in [-0.15, -0.1) is 0 Å². The molecule has 0 aromatic heterocycles. The summed E-state index contributed by atoms with van der Waals surface area (Å²) < 4.78 is 11.3. The summed E-state index contributed by atoms with van der Waals surface area (Å²) in [5.41, 5.74) is 5.63. The first-order valence-electron chi connectivity index (χ1n) is 11.2. The Morgan fingerprint density at radius 2 is 1.68 bits per heavy atom. The van der Waals surface area contributed by atoms with Gasteiger partial charge < -0.3 is 20.1 Å². The lowest BCUT2D eigenvalue weighted by molar-refractivity contribution is -0.139. The highest BCUT2D eigenvalue weighted by molar-refractivity contribution is 6.35. The first kappa shape index (κ1) is 26.4. The van der Waals surface area contributed by atoms with Crippen LogP contribution in [0.4, 0.5) is 5.69 Å². The standard InChI is InChI=1S/C25H32N4O5/c1-5-7-10-26-24(31)25(32)29-27-15-19-8-9-21(22(14-19)33-6-2)34-16-23(30)28-20-12-17(3)11-18(4)13-20/h8-9,11-15H,5-7,10,16H2,1-4H3,(H,26,31)(H,28,30)(H,29,32)/b27-15-. The summed E-state index contributed by atoms with van der Waals surface area (Å²) in [4.78, 5) is 35.7. The molecule has 0 atom stereocenters. The topological polar surface area (TPSA) is 118 Å². The van der Waals surface area contributed by atoms with E-state index in [0.29, 0.717) is 35.9 Å². The van der Waals surface area contributed by atoms with Crippen molar-refractivity contribution in [3.05, 3.63) is 53.1 Å². The molecular weight excluding hydrogens is 436 g/mol. The van der Waals surface area contributed by atoms with E-state index in [4.69, 9.17) is 9.47 Å². The molecule has 0 aliphatic rings. The van der Waals surface area contributed by atoms with Crippen LogP contribution >= 0.6 is 0 Å². The number of nitrogens with zero attached hydrogens (tertiary/aromatic N) is 1. The fourth-order valence-electron chi connectivity index (χ4n) is 3.05. The van der Waals surface area contributed by atoms with Crippen LogP contribution in [-0.2, 0) is 14.4 Å². The lowest BCUT2D eigenvalue weighted by Gasteiger charge is -2.13. The molecule has 0 unspecified atom stereocenters. The molecule has 9 heteroatoms. The third kappa shape index (κ3) is 8.93. The Bertz CT molecular complexity index is 1020. The SMILES string of the molecule is CCCCNC(=O)C(=O)N/N=C\c1ccc(OCC(=O)Nc2cc(C)cc(C)c2)c(OCC)c1. The molecule has 3 N–H and O–H groups in total. The highest BCUT2D eigenvalue weighted by atomic mass is 16.5. The number of carbonyl (C=O) groups is 3. The molecule has 182 valence electrons. The average Bonchev–Trinajstić information content (AvgIpc) is 2.78.